The average molecular weight is 389 g/mol. The molecule has 2 nitrogen and oxygen atoms in total. The highest BCUT2D eigenvalue weighted by atomic mass is 127. The second kappa shape index (κ2) is 6.11. The average Bonchev–Trinajstić information content (AvgIpc) is 2.41. The van der Waals surface area contributed by atoms with Crippen molar-refractivity contribution in [2.45, 2.75) is 13.0 Å². The summed E-state index contributed by atoms with van der Waals surface area (Å²) in [7, 11) is 1.59. The molecule has 0 radical (unpaired) electrons. The largest absolute Gasteiger partial charge is 0.497 e. The molecule has 0 fully saturated rings. The first-order valence-electron chi connectivity index (χ1n) is 5.81. The van der Waals surface area contributed by atoms with Crippen molar-refractivity contribution in [3.8, 4) is 5.75 Å². The molecule has 2 aromatic carbocycles. The molecule has 19 heavy (non-hydrogen) atoms. The molecule has 100 valence electrons. The van der Waals surface area contributed by atoms with E-state index in [2.05, 4.69) is 22.6 Å². The Morgan fingerprint density at radius 1 is 1.21 bits per heavy atom. The Labute approximate surface area is 131 Å². The van der Waals surface area contributed by atoms with Crippen molar-refractivity contribution >= 4 is 34.2 Å². The third-order valence-corrected chi connectivity index (χ3v) is 4.82. The topological polar surface area (TPSA) is 29.5 Å². The third-order valence-electron chi connectivity index (χ3n) is 3.02. The monoisotopic (exact) mass is 388 g/mol. The molecule has 0 aliphatic carbocycles. The molecule has 0 saturated carbocycles. The molecule has 0 amide bonds. The highest BCUT2D eigenvalue weighted by molar-refractivity contribution is 14.1. The molecule has 1 atom stereocenters. The van der Waals surface area contributed by atoms with Gasteiger partial charge in [-0.1, -0.05) is 35.9 Å². The summed E-state index contributed by atoms with van der Waals surface area (Å²) in [4.78, 5) is 0. The van der Waals surface area contributed by atoms with Crippen molar-refractivity contribution in [3.05, 3.63) is 61.7 Å². The molecule has 4 heteroatoms. The number of aliphatic hydroxyl groups excluding tert-OH is 1. The number of aryl methyl sites for hydroxylation is 1. The summed E-state index contributed by atoms with van der Waals surface area (Å²) >= 11 is 8.45. The normalized spacial score (nSPS) is 12.3. The predicted molar refractivity (Wildman–Crippen MR) is 86.0 cm³/mol. The number of aliphatic hydroxyl groups is 1. The molecule has 0 bridgehead atoms. The Morgan fingerprint density at radius 2 is 1.95 bits per heavy atom. The van der Waals surface area contributed by atoms with Crippen LogP contribution in [0.4, 0.5) is 0 Å². The zero-order chi connectivity index (χ0) is 14.0. The van der Waals surface area contributed by atoms with Gasteiger partial charge in [0.25, 0.3) is 0 Å². The number of rotatable bonds is 3. The lowest BCUT2D eigenvalue weighted by molar-refractivity contribution is 0.219. The van der Waals surface area contributed by atoms with Crippen LogP contribution in [0.1, 0.15) is 22.8 Å². The molecule has 2 aromatic rings. The number of methoxy groups -OCH3 is 1. The summed E-state index contributed by atoms with van der Waals surface area (Å²) in [6.07, 6.45) is -0.731. The van der Waals surface area contributed by atoms with Gasteiger partial charge in [-0.15, -0.1) is 0 Å². The minimum absolute atomic E-state index is 0.504. The Kier molecular flexibility index (Phi) is 4.71. The number of hydrogen-bond acceptors (Lipinski definition) is 2. The van der Waals surface area contributed by atoms with Crippen LogP contribution in [0.15, 0.2) is 36.4 Å². The first-order chi connectivity index (χ1) is 9.04. The van der Waals surface area contributed by atoms with Gasteiger partial charge in [-0.3, -0.25) is 0 Å². The second-order valence-corrected chi connectivity index (χ2v) is 5.75. The standard InChI is InChI=1S/C15H14ClIO2/c1-9-4-3-5-12(14(9)17)15(18)11-7-6-10(19-2)8-13(11)16/h3-8,15,18H,1-2H3. The molecule has 0 spiro atoms. The zero-order valence-electron chi connectivity index (χ0n) is 10.7. The lowest BCUT2D eigenvalue weighted by Crippen LogP contribution is -2.04. The van der Waals surface area contributed by atoms with E-state index in [0.717, 1.165) is 14.7 Å². The van der Waals surface area contributed by atoms with Crippen LogP contribution in [0.2, 0.25) is 5.02 Å². The molecule has 0 heterocycles. The Hall–Kier alpha value is -0.780. The molecule has 0 saturated heterocycles. The van der Waals surface area contributed by atoms with Gasteiger partial charge >= 0.3 is 0 Å². The molecular weight excluding hydrogens is 375 g/mol. The molecule has 1 unspecified atom stereocenters. The summed E-state index contributed by atoms with van der Waals surface area (Å²) in [5.74, 6) is 0.680. The summed E-state index contributed by atoms with van der Waals surface area (Å²) in [5, 5.41) is 11.0. The van der Waals surface area contributed by atoms with Gasteiger partial charge in [-0.05, 0) is 52.8 Å². The first-order valence-corrected chi connectivity index (χ1v) is 7.26. The van der Waals surface area contributed by atoms with E-state index >= 15 is 0 Å². The van der Waals surface area contributed by atoms with Crippen LogP contribution in [0.25, 0.3) is 0 Å². The fourth-order valence-electron chi connectivity index (χ4n) is 1.91. The van der Waals surface area contributed by atoms with E-state index < -0.39 is 6.10 Å². The Morgan fingerprint density at radius 3 is 2.58 bits per heavy atom. The lowest BCUT2D eigenvalue weighted by atomic mass is 10.00. The van der Waals surface area contributed by atoms with E-state index in [1.54, 1.807) is 25.3 Å². The van der Waals surface area contributed by atoms with Crippen molar-refractivity contribution in [2.24, 2.45) is 0 Å². The highest BCUT2D eigenvalue weighted by Crippen LogP contribution is 2.33. The first kappa shape index (κ1) is 14.6. The molecular formula is C15H14ClIO2. The summed E-state index contributed by atoms with van der Waals surface area (Å²) in [6, 6.07) is 11.2. The van der Waals surface area contributed by atoms with Crippen LogP contribution < -0.4 is 4.74 Å². The van der Waals surface area contributed by atoms with E-state index in [0.29, 0.717) is 16.3 Å². The fraction of sp³-hybridized carbons (Fsp3) is 0.200. The van der Waals surface area contributed by atoms with E-state index in [9.17, 15) is 5.11 Å². The second-order valence-electron chi connectivity index (χ2n) is 4.27. The smallest absolute Gasteiger partial charge is 0.120 e. The summed E-state index contributed by atoms with van der Waals surface area (Å²) < 4.78 is 6.17. The molecule has 1 N–H and O–H groups in total. The number of ether oxygens (including phenoxy) is 1. The van der Waals surface area contributed by atoms with Crippen LogP contribution in [-0.4, -0.2) is 12.2 Å². The van der Waals surface area contributed by atoms with E-state index in [1.807, 2.05) is 25.1 Å². The molecule has 0 aromatic heterocycles. The minimum Gasteiger partial charge on any atom is -0.497 e. The number of benzene rings is 2. The molecule has 0 aliphatic rings. The maximum absolute atomic E-state index is 10.5. The van der Waals surface area contributed by atoms with Gasteiger partial charge in [0, 0.05) is 9.13 Å². The van der Waals surface area contributed by atoms with Crippen molar-refractivity contribution < 1.29 is 9.84 Å². The van der Waals surface area contributed by atoms with Crippen LogP contribution in [0.3, 0.4) is 0 Å². The predicted octanol–water partition coefficient (Wildman–Crippen LogP) is 4.34. The van der Waals surface area contributed by atoms with E-state index in [1.165, 1.54) is 0 Å². The van der Waals surface area contributed by atoms with Crippen molar-refractivity contribution in [1.29, 1.82) is 0 Å². The van der Waals surface area contributed by atoms with Crippen LogP contribution in [-0.2, 0) is 0 Å². The summed E-state index contributed by atoms with van der Waals surface area (Å²) in [5.41, 5.74) is 2.69. The van der Waals surface area contributed by atoms with E-state index in [4.69, 9.17) is 16.3 Å². The quantitative estimate of drug-likeness (QED) is 0.793. The van der Waals surface area contributed by atoms with Crippen LogP contribution in [0, 0.1) is 10.5 Å². The van der Waals surface area contributed by atoms with Gasteiger partial charge in [0.05, 0.1) is 12.1 Å². The highest BCUT2D eigenvalue weighted by Gasteiger charge is 2.17. The maximum Gasteiger partial charge on any atom is 0.120 e. The van der Waals surface area contributed by atoms with Crippen molar-refractivity contribution in [3.63, 3.8) is 0 Å². The lowest BCUT2D eigenvalue weighted by Gasteiger charge is -2.16. The minimum atomic E-state index is -0.731. The Bertz CT molecular complexity index is 599. The van der Waals surface area contributed by atoms with Gasteiger partial charge in [0.1, 0.15) is 11.9 Å². The van der Waals surface area contributed by atoms with Crippen molar-refractivity contribution in [1.82, 2.24) is 0 Å². The van der Waals surface area contributed by atoms with Crippen LogP contribution >= 0.6 is 34.2 Å². The number of hydrogen-bond donors (Lipinski definition) is 1. The number of halogens is 2. The van der Waals surface area contributed by atoms with Gasteiger partial charge in [-0.2, -0.15) is 0 Å². The maximum atomic E-state index is 10.5. The van der Waals surface area contributed by atoms with Gasteiger partial charge < -0.3 is 9.84 Å². The SMILES string of the molecule is COc1ccc(C(O)c2cccc(C)c2I)c(Cl)c1. The Balaban J connectivity index is 2.44. The van der Waals surface area contributed by atoms with Crippen molar-refractivity contribution in [2.75, 3.05) is 7.11 Å². The zero-order valence-corrected chi connectivity index (χ0v) is 13.6. The third kappa shape index (κ3) is 3.04. The van der Waals surface area contributed by atoms with E-state index in [-0.39, 0.29) is 0 Å². The van der Waals surface area contributed by atoms with Gasteiger partial charge in [0.15, 0.2) is 0 Å². The molecule has 2 rings (SSSR count). The van der Waals surface area contributed by atoms with Gasteiger partial charge in [-0.25, -0.2) is 0 Å². The fourth-order valence-corrected chi connectivity index (χ4v) is 2.83. The summed E-state index contributed by atoms with van der Waals surface area (Å²) in [6.45, 7) is 2.02. The van der Waals surface area contributed by atoms with Gasteiger partial charge in [0.2, 0.25) is 0 Å². The van der Waals surface area contributed by atoms with Crippen LogP contribution in [0.5, 0.6) is 5.75 Å². The molecule has 0 aliphatic heterocycles.